The Morgan fingerprint density at radius 1 is 1.00 bits per heavy atom. The van der Waals surface area contributed by atoms with E-state index < -0.39 is 6.04 Å². The van der Waals surface area contributed by atoms with E-state index in [-0.39, 0.29) is 11.8 Å². The zero-order chi connectivity index (χ0) is 21.8. The summed E-state index contributed by atoms with van der Waals surface area (Å²) in [4.78, 5) is 30.4. The maximum Gasteiger partial charge on any atom is 0.258 e. The van der Waals surface area contributed by atoms with Crippen LogP contribution in [0.2, 0.25) is 0 Å². The van der Waals surface area contributed by atoms with E-state index in [2.05, 4.69) is 6.07 Å². The lowest BCUT2D eigenvalue weighted by atomic mass is 9.98. The Morgan fingerprint density at radius 2 is 1.81 bits per heavy atom. The number of likely N-dealkylation sites (tertiary alicyclic amines) is 1. The van der Waals surface area contributed by atoms with Crippen molar-refractivity contribution in [2.45, 2.75) is 45.7 Å². The SMILES string of the molecule is CCOc1ccc2c(c1)CN(C(=O)C1CCCN1C(=O)c1ccccc1OCC)CC2. The van der Waals surface area contributed by atoms with E-state index in [4.69, 9.17) is 9.47 Å². The molecule has 1 unspecified atom stereocenters. The Balaban J connectivity index is 1.51. The summed E-state index contributed by atoms with van der Waals surface area (Å²) in [5.41, 5.74) is 2.91. The fourth-order valence-electron chi connectivity index (χ4n) is 4.53. The molecule has 1 fully saturated rings. The van der Waals surface area contributed by atoms with Crippen LogP contribution in [-0.4, -0.2) is 54.0 Å². The number of carbonyl (C=O) groups is 2. The van der Waals surface area contributed by atoms with Gasteiger partial charge in [0.1, 0.15) is 17.5 Å². The summed E-state index contributed by atoms with van der Waals surface area (Å²) >= 11 is 0. The van der Waals surface area contributed by atoms with Crippen molar-refractivity contribution in [3.8, 4) is 11.5 Å². The molecule has 2 aromatic carbocycles. The lowest BCUT2D eigenvalue weighted by Gasteiger charge is -2.34. The number of amides is 2. The van der Waals surface area contributed by atoms with E-state index in [0.717, 1.165) is 24.2 Å². The standard InChI is InChI=1S/C25H30N2O4/c1-3-30-20-12-11-18-13-15-26(17-19(18)16-20)25(29)22-9-7-14-27(22)24(28)21-8-5-6-10-23(21)31-4-2/h5-6,8,10-12,16,22H,3-4,7,9,13-15,17H2,1-2H3. The number of nitrogens with zero attached hydrogens (tertiary/aromatic N) is 2. The van der Waals surface area contributed by atoms with E-state index in [1.165, 1.54) is 5.56 Å². The van der Waals surface area contributed by atoms with Gasteiger partial charge in [0.05, 0.1) is 18.8 Å². The number of fused-ring (bicyclic) bond motifs is 1. The van der Waals surface area contributed by atoms with Gasteiger partial charge in [0, 0.05) is 19.6 Å². The molecule has 0 radical (unpaired) electrons. The van der Waals surface area contributed by atoms with E-state index in [9.17, 15) is 9.59 Å². The molecule has 0 spiro atoms. The van der Waals surface area contributed by atoms with Gasteiger partial charge in [0.15, 0.2) is 0 Å². The van der Waals surface area contributed by atoms with Gasteiger partial charge in [-0.2, -0.15) is 0 Å². The van der Waals surface area contributed by atoms with Gasteiger partial charge in [-0.15, -0.1) is 0 Å². The third-order valence-electron chi connectivity index (χ3n) is 6.03. The maximum atomic E-state index is 13.4. The predicted molar refractivity (Wildman–Crippen MR) is 118 cm³/mol. The smallest absolute Gasteiger partial charge is 0.258 e. The summed E-state index contributed by atoms with van der Waals surface area (Å²) in [6.45, 7) is 6.79. The highest BCUT2D eigenvalue weighted by molar-refractivity contribution is 6.00. The Bertz CT molecular complexity index is 958. The topological polar surface area (TPSA) is 59.1 Å². The number of para-hydroxylation sites is 1. The predicted octanol–water partition coefficient (Wildman–Crippen LogP) is 3.67. The molecule has 0 aromatic heterocycles. The minimum absolute atomic E-state index is 0.0344. The second-order valence-electron chi connectivity index (χ2n) is 7.96. The molecule has 0 aliphatic carbocycles. The lowest BCUT2D eigenvalue weighted by Crippen LogP contribution is -2.49. The van der Waals surface area contributed by atoms with Crippen LogP contribution in [0.5, 0.6) is 11.5 Å². The first-order valence-corrected chi connectivity index (χ1v) is 11.2. The zero-order valence-corrected chi connectivity index (χ0v) is 18.3. The summed E-state index contributed by atoms with van der Waals surface area (Å²) in [6, 6.07) is 13.0. The quantitative estimate of drug-likeness (QED) is 0.713. The number of rotatable bonds is 6. The Hall–Kier alpha value is -3.02. The summed E-state index contributed by atoms with van der Waals surface area (Å²) < 4.78 is 11.3. The van der Waals surface area contributed by atoms with Crippen LogP contribution in [0.1, 0.15) is 48.2 Å². The van der Waals surface area contributed by atoms with E-state index in [1.54, 1.807) is 17.0 Å². The van der Waals surface area contributed by atoms with Gasteiger partial charge in [-0.25, -0.2) is 0 Å². The Kier molecular flexibility index (Phi) is 6.44. The average molecular weight is 423 g/mol. The monoisotopic (exact) mass is 422 g/mol. The summed E-state index contributed by atoms with van der Waals surface area (Å²) in [5.74, 6) is 1.31. The van der Waals surface area contributed by atoms with Gasteiger partial charge in [0.2, 0.25) is 5.91 Å². The van der Waals surface area contributed by atoms with Crippen LogP contribution in [0.4, 0.5) is 0 Å². The van der Waals surface area contributed by atoms with Crippen molar-refractivity contribution in [2.24, 2.45) is 0 Å². The van der Waals surface area contributed by atoms with Crippen molar-refractivity contribution in [2.75, 3.05) is 26.3 Å². The van der Waals surface area contributed by atoms with Gasteiger partial charge in [0.25, 0.3) is 5.91 Å². The number of carbonyl (C=O) groups excluding carboxylic acids is 2. The molecule has 0 N–H and O–H groups in total. The molecule has 6 heteroatoms. The minimum atomic E-state index is -0.418. The molecule has 1 atom stereocenters. The van der Waals surface area contributed by atoms with Gasteiger partial charge in [-0.1, -0.05) is 18.2 Å². The highest BCUT2D eigenvalue weighted by Crippen LogP contribution is 2.29. The van der Waals surface area contributed by atoms with Crippen LogP contribution in [0, 0.1) is 0 Å². The first-order valence-electron chi connectivity index (χ1n) is 11.2. The lowest BCUT2D eigenvalue weighted by molar-refractivity contribution is -0.136. The van der Waals surface area contributed by atoms with Crippen molar-refractivity contribution >= 4 is 11.8 Å². The molecule has 164 valence electrons. The Morgan fingerprint density at radius 3 is 2.61 bits per heavy atom. The van der Waals surface area contributed by atoms with E-state index in [1.807, 2.05) is 43.0 Å². The molecule has 2 aliphatic rings. The van der Waals surface area contributed by atoms with Crippen molar-refractivity contribution in [1.82, 2.24) is 9.80 Å². The molecular formula is C25H30N2O4. The summed E-state index contributed by atoms with van der Waals surface area (Å²) in [7, 11) is 0. The van der Waals surface area contributed by atoms with Crippen molar-refractivity contribution in [1.29, 1.82) is 0 Å². The molecule has 2 aliphatic heterocycles. The van der Waals surface area contributed by atoms with Crippen molar-refractivity contribution < 1.29 is 19.1 Å². The normalized spacial score (nSPS) is 17.9. The Labute approximate surface area is 183 Å². The molecule has 2 amide bonds. The van der Waals surface area contributed by atoms with Crippen molar-refractivity contribution in [3.05, 3.63) is 59.2 Å². The molecule has 4 rings (SSSR count). The van der Waals surface area contributed by atoms with Gasteiger partial charge < -0.3 is 19.3 Å². The second kappa shape index (κ2) is 9.41. The van der Waals surface area contributed by atoms with Crippen LogP contribution in [-0.2, 0) is 17.8 Å². The van der Waals surface area contributed by atoms with Gasteiger partial charge in [-0.05, 0) is 68.5 Å². The average Bonchev–Trinajstić information content (AvgIpc) is 3.28. The van der Waals surface area contributed by atoms with Crippen LogP contribution in [0.25, 0.3) is 0 Å². The molecule has 1 saturated heterocycles. The molecule has 0 saturated carbocycles. The second-order valence-corrected chi connectivity index (χ2v) is 7.96. The van der Waals surface area contributed by atoms with Crippen LogP contribution >= 0.6 is 0 Å². The number of benzene rings is 2. The number of hydrogen-bond acceptors (Lipinski definition) is 4. The number of ether oxygens (including phenoxy) is 2. The fraction of sp³-hybridized carbons (Fsp3) is 0.440. The van der Waals surface area contributed by atoms with Crippen LogP contribution in [0.3, 0.4) is 0 Å². The fourth-order valence-corrected chi connectivity index (χ4v) is 4.53. The van der Waals surface area contributed by atoms with E-state index in [0.29, 0.717) is 50.6 Å². The maximum absolute atomic E-state index is 13.4. The van der Waals surface area contributed by atoms with Gasteiger partial charge in [-0.3, -0.25) is 9.59 Å². The summed E-state index contributed by atoms with van der Waals surface area (Å²) in [5, 5.41) is 0. The third-order valence-corrected chi connectivity index (χ3v) is 6.03. The molecule has 2 heterocycles. The van der Waals surface area contributed by atoms with Crippen LogP contribution in [0.15, 0.2) is 42.5 Å². The third kappa shape index (κ3) is 4.38. The largest absolute Gasteiger partial charge is 0.494 e. The van der Waals surface area contributed by atoms with E-state index >= 15 is 0 Å². The first-order chi connectivity index (χ1) is 15.1. The molecule has 2 aromatic rings. The first kappa shape index (κ1) is 21.2. The minimum Gasteiger partial charge on any atom is -0.494 e. The highest BCUT2D eigenvalue weighted by atomic mass is 16.5. The number of hydrogen-bond donors (Lipinski definition) is 0. The summed E-state index contributed by atoms with van der Waals surface area (Å²) in [6.07, 6.45) is 2.35. The zero-order valence-electron chi connectivity index (χ0n) is 18.3. The van der Waals surface area contributed by atoms with Gasteiger partial charge >= 0.3 is 0 Å². The highest BCUT2D eigenvalue weighted by Gasteiger charge is 2.38. The molecular weight excluding hydrogens is 392 g/mol. The molecule has 6 nitrogen and oxygen atoms in total. The van der Waals surface area contributed by atoms with Crippen molar-refractivity contribution in [3.63, 3.8) is 0 Å². The molecule has 0 bridgehead atoms. The van der Waals surface area contributed by atoms with Crippen LogP contribution < -0.4 is 9.47 Å². The molecule has 31 heavy (non-hydrogen) atoms.